The Hall–Kier alpha value is -1.13. The summed E-state index contributed by atoms with van der Waals surface area (Å²) in [7, 11) is 0. The number of hydrogen-bond donors (Lipinski definition) is 3. The lowest BCUT2D eigenvalue weighted by atomic mass is 10.0. The van der Waals surface area contributed by atoms with E-state index in [0.717, 1.165) is 11.3 Å². The molecule has 0 amide bonds. The predicted octanol–water partition coefficient (Wildman–Crippen LogP) is 1.71. The normalized spacial score (nSPS) is 12.9. The van der Waals surface area contributed by atoms with E-state index in [4.69, 9.17) is 5.73 Å². The van der Waals surface area contributed by atoms with Crippen molar-refractivity contribution in [2.45, 2.75) is 26.4 Å². The molecule has 90 valence electrons. The first-order chi connectivity index (χ1) is 7.58. The molecule has 0 aromatic heterocycles. The summed E-state index contributed by atoms with van der Waals surface area (Å²) in [4.78, 5) is 0. The molecule has 0 saturated heterocycles. The van der Waals surface area contributed by atoms with E-state index in [1.807, 2.05) is 13.8 Å². The third-order valence-corrected chi connectivity index (χ3v) is 2.63. The average Bonchev–Trinajstić information content (AvgIpc) is 2.26. The summed E-state index contributed by atoms with van der Waals surface area (Å²) < 4.78 is 13.0. The molecule has 0 aliphatic heterocycles. The van der Waals surface area contributed by atoms with E-state index < -0.39 is 0 Å². The van der Waals surface area contributed by atoms with Crippen molar-refractivity contribution in [2.24, 2.45) is 11.7 Å². The molecule has 4 N–H and O–H groups in total. The smallest absolute Gasteiger partial charge is 0.123 e. The van der Waals surface area contributed by atoms with Crippen LogP contribution in [0.25, 0.3) is 0 Å². The second kappa shape index (κ2) is 5.82. The number of rotatable bonds is 5. The fourth-order valence-electron chi connectivity index (χ4n) is 1.49. The van der Waals surface area contributed by atoms with Crippen LogP contribution in [0.4, 0.5) is 10.1 Å². The van der Waals surface area contributed by atoms with Crippen LogP contribution in [0, 0.1) is 11.7 Å². The fourth-order valence-corrected chi connectivity index (χ4v) is 1.49. The van der Waals surface area contributed by atoms with Crippen molar-refractivity contribution >= 4 is 5.69 Å². The third-order valence-electron chi connectivity index (χ3n) is 2.63. The van der Waals surface area contributed by atoms with Gasteiger partial charge in [0.1, 0.15) is 5.82 Å². The fraction of sp³-hybridized carbons (Fsp3) is 0.500. The van der Waals surface area contributed by atoms with Gasteiger partial charge in [-0.3, -0.25) is 0 Å². The molecule has 1 atom stereocenters. The highest BCUT2D eigenvalue weighted by Gasteiger charge is 2.13. The number of aliphatic hydroxyl groups excluding tert-OH is 1. The van der Waals surface area contributed by atoms with Crippen LogP contribution in [0.15, 0.2) is 18.2 Å². The maximum absolute atomic E-state index is 13.0. The zero-order chi connectivity index (χ0) is 12.1. The highest BCUT2D eigenvalue weighted by molar-refractivity contribution is 5.52. The molecule has 16 heavy (non-hydrogen) atoms. The summed E-state index contributed by atoms with van der Waals surface area (Å²) in [6.45, 7) is 4.34. The SMILES string of the molecule is CC(C)[C@@H](CO)Nc1ccc(F)cc1CN. The van der Waals surface area contributed by atoms with Gasteiger partial charge in [0.2, 0.25) is 0 Å². The summed E-state index contributed by atoms with van der Waals surface area (Å²) in [6, 6.07) is 4.41. The molecule has 0 aliphatic rings. The van der Waals surface area contributed by atoms with Crippen LogP contribution in [0.1, 0.15) is 19.4 Å². The van der Waals surface area contributed by atoms with E-state index in [-0.39, 0.29) is 25.0 Å². The molecule has 4 heteroatoms. The summed E-state index contributed by atoms with van der Waals surface area (Å²) in [5.74, 6) is -0.00299. The Labute approximate surface area is 95.5 Å². The summed E-state index contributed by atoms with van der Waals surface area (Å²) >= 11 is 0. The van der Waals surface area contributed by atoms with Gasteiger partial charge in [0.05, 0.1) is 12.6 Å². The first kappa shape index (κ1) is 12.9. The van der Waals surface area contributed by atoms with Crippen molar-refractivity contribution in [3.05, 3.63) is 29.6 Å². The van der Waals surface area contributed by atoms with Gasteiger partial charge in [-0.25, -0.2) is 4.39 Å². The molecule has 1 aromatic rings. The van der Waals surface area contributed by atoms with Gasteiger partial charge < -0.3 is 16.2 Å². The lowest BCUT2D eigenvalue weighted by Crippen LogP contribution is -2.30. The van der Waals surface area contributed by atoms with Crippen LogP contribution in [-0.2, 0) is 6.54 Å². The quantitative estimate of drug-likeness (QED) is 0.716. The molecule has 0 bridgehead atoms. The van der Waals surface area contributed by atoms with Crippen molar-refractivity contribution in [1.29, 1.82) is 0 Å². The Bertz CT molecular complexity index is 342. The number of nitrogens with one attached hydrogen (secondary N) is 1. The number of nitrogens with two attached hydrogens (primary N) is 1. The third kappa shape index (κ3) is 3.18. The second-order valence-electron chi connectivity index (χ2n) is 4.18. The minimum absolute atomic E-state index is 0.0407. The van der Waals surface area contributed by atoms with E-state index >= 15 is 0 Å². The van der Waals surface area contributed by atoms with Crippen molar-refractivity contribution in [3.63, 3.8) is 0 Å². The minimum atomic E-state index is -0.295. The van der Waals surface area contributed by atoms with Crippen LogP contribution in [0.5, 0.6) is 0 Å². The Kier molecular flexibility index (Phi) is 4.71. The highest BCUT2D eigenvalue weighted by Crippen LogP contribution is 2.19. The molecule has 0 spiro atoms. The van der Waals surface area contributed by atoms with Gasteiger partial charge >= 0.3 is 0 Å². The maximum Gasteiger partial charge on any atom is 0.123 e. The molecule has 1 rings (SSSR count). The minimum Gasteiger partial charge on any atom is -0.394 e. The first-order valence-electron chi connectivity index (χ1n) is 5.44. The highest BCUT2D eigenvalue weighted by atomic mass is 19.1. The number of anilines is 1. The van der Waals surface area contributed by atoms with Crippen molar-refractivity contribution < 1.29 is 9.50 Å². The van der Waals surface area contributed by atoms with E-state index in [1.165, 1.54) is 12.1 Å². The molecule has 3 nitrogen and oxygen atoms in total. The molecule has 0 saturated carbocycles. The van der Waals surface area contributed by atoms with Crippen LogP contribution in [0.2, 0.25) is 0 Å². The van der Waals surface area contributed by atoms with E-state index in [2.05, 4.69) is 5.32 Å². The monoisotopic (exact) mass is 226 g/mol. The van der Waals surface area contributed by atoms with E-state index in [9.17, 15) is 9.50 Å². The largest absolute Gasteiger partial charge is 0.394 e. The summed E-state index contributed by atoms with van der Waals surface area (Å²) in [5, 5.41) is 12.4. The molecule has 0 fully saturated rings. The van der Waals surface area contributed by atoms with Gasteiger partial charge in [-0.2, -0.15) is 0 Å². The number of benzene rings is 1. The van der Waals surface area contributed by atoms with Crippen LogP contribution in [-0.4, -0.2) is 17.8 Å². The predicted molar refractivity (Wildman–Crippen MR) is 63.6 cm³/mol. The number of halogens is 1. The van der Waals surface area contributed by atoms with Crippen LogP contribution in [0.3, 0.4) is 0 Å². The van der Waals surface area contributed by atoms with E-state index in [0.29, 0.717) is 5.92 Å². The van der Waals surface area contributed by atoms with Gasteiger partial charge in [0, 0.05) is 12.2 Å². The Balaban J connectivity index is 2.87. The molecule has 0 unspecified atom stereocenters. The zero-order valence-electron chi connectivity index (χ0n) is 9.70. The van der Waals surface area contributed by atoms with Crippen molar-refractivity contribution in [2.75, 3.05) is 11.9 Å². The van der Waals surface area contributed by atoms with Gasteiger partial charge in [-0.15, -0.1) is 0 Å². The summed E-state index contributed by atoms with van der Waals surface area (Å²) in [6.07, 6.45) is 0. The van der Waals surface area contributed by atoms with Gasteiger partial charge in [0.25, 0.3) is 0 Å². The average molecular weight is 226 g/mol. The van der Waals surface area contributed by atoms with Crippen molar-refractivity contribution in [1.82, 2.24) is 0 Å². The van der Waals surface area contributed by atoms with Gasteiger partial charge in [0.15, 0.2) is 0 Å². The van der Waals surface area contributed by atoms with Crippen LogP contribution < -0.4 is 11.1 Å². The second-order valence-corrected chi connectivity index (χ2v) is 4.18. The van der Waals surface area contributed by atoms with Gasteiger partial charge in [-0.1, -0.05) is 13.8 Å². The first-order valence-corrected chi connectivity index (χ1v) is 5.44. The lowest BCUT2D eigenvalue weighted by Gasteiger charge is -2.22. The van der Waals surface area contributed by atoms with Crippen LogP contribution >= 0.6 is 0 Å². The standard InChI is InChI=1S/C12H19FN2O/c1-8(2)12(7-16)15-11-4-3-10(13)5-9(11)6-14/h3-5,8,12,15-16H,6-7,14H2,1-2H3/t12-/m1/s1. The molecule has 1 aromatic carbocycles. The zero-order valence-corrected chi connectivity index (χ0v) is 9.70. The van der Waals surface area contributed by atoms with E-state index in [1.54, 1.807) is 6.07 Å². The molecule has 0 aliphatic carbocycles. The molecule has 0 heterocycles. The molecule has 0 radical (unpaired) electrons. The Morgan fingerprint density at radius 3 is 2.62 bits per heavy atom. The maximum atomic E-state index is 13.0. The number of hydrogen-bond acceptors (Lipinski definition) is 3. The molecular formula is C12H19FN2O. The molecular weight excluding hydrogens is 207 g/mol. The van der Waals surface area contributed by atoms with Crippen molar-refractivity contribution in [3.8, 4) is 0 Å². The summed E-state index contributed by atoms with van der Waals surface area (Å²) in [5.41, 5.74) is 7.05. The lowest BCUT2D eigenvalue weighted by molar-refractivity contribution is 0.249. The Morgan fingerprint density at radius 2 is 2.12 bits per heavy atom. The van der Waals surface area contributed by atoms with Gasteiger partial charge in [-0.05, 0) is 29.7 Å². The number of aliphatic hydroxyl groups is 1. The Morgan fingerprint density at radius 1 is 1.44 bits per heavy atom. The topological polar surface area (TPSA) is 58.3 Å².